The van der Waals surface area contributed by atoms with Gasteiger partial charge in [0, 0.05) is 19.6 Å². The first kappa shape index (κ1) is 13.5. The monoisotopic (exact) mass is 267 g/mol. The molecule has 0 spiro atoms. The van der Waals surface area contributed by atoms with E-state index in [1.807, 2.05) is 0 Å². The molecular formula is C11H17N5O3. The Balaban J connectivity index is 1.83. The average Bonchev–Trinajstić information content (AvgIpc) is 2.91. The lowest BCUT2D eigenvalue weighted by Crippen LogP contribution is -2.43. The molecule has 1 unspecified atom stereocenters. The number of nitrogens with one attached hydrogen (secondary N) is 2. The lowest BCUT2D eigenvalue weighted by Gasteiger charge is -2.32. The van der Waals surface area contributed by atoms with Crippen LogP contribution in [0, 0.1) is 5.92 Å². The fourth-order valence-corrected chi connectivity index (χ4v) is 2.26. The van der Waals surface area contributed by atoms with Gasteiger partial charge in [0.05, 0.1) is 6.54 Å². The molecule has 0 bridgehead atoms. The van der Waals surface area contributed by atoms with Crippen molar-refractivity contribution in [2.75, 3.05) is 26.2 Å². The minimum Gasteiger partial charge on any atom is -0.480 e. The molecule has 8 nitrogen and oxygen atoms in total. The van der Waals surface area contributed by atoms with Crippen molar-refractivity contribution in [3.05, 3.63) is 12.2 Å². The Morgan fingerprint density at radius 2 is 2.42 bits per heavy atom. The number of aromatic nitrogens is 3. The van der Waals surface area contributed by atoms with Crippen LogP contribution in [0.2, 0.25) is 0 Å². The van der Waals surface area contributed by atoms with Crippen molar-refractivity contribution in [2.24, 2.45) is 5.92 Å². The van der Waals surface area contributed by atoms with E-state index in [0.29, 0.717) is 19.6 Å². The van der Waals surface area contributed by atoms with Crippen LogP contribution in [0.5, 0.6) is 0 Å². The largest absolute Gasteiger partial charge is 0.480 e. The molecule has 2 heterocycles. The predicted molar refractivity (Wildman–Crippen MR) is 65.5 cm³/mol. The lowest BCUT2D eigenvalue weighted by atomic mass is 9.98. The summed E-state index contributed by atoms with van der Waals surface area (Å²) in [6.07, 6.45) is 3.22. The summed E-state index contributed by atoms with van der Waals surface area (Å²) in [5.41, 5.74) is 0. The third-order valence-corrected chi connectivity index (χ3v) is 3.13. The number of carbonyl (C=O) groups is 2. The van der Waals surface area contributed by atoms with Gasteiger partial charge in [-0.1, -0.05) is 0 Å². The molecule has 1 aromatic heterocycles. The van der Waals surface area contributed by atoms with Crippen molar-refractivity contribution in [3.8, 4) is 0 Å². The van der Waals surface area contributed by atoms with E-state index < -0.39 is 5.97 Å². The second-order valence-corrected chi connectivity index (χ2v) is 4.62. The van der Waals surface area contributed by atoms with Crippen LogP contribution < -0.4 is 5.32 Å². The Hall–Kier alpha value is -1.96. The number of aromatic amines is 1. The zero-order valence-corrected chi connectivity index (χ0v) is 10.5. The second-order valence-electron chi connectivity index (χ2n) is 4.62. The molecule has 0 saturated carbocycles. The van der Waals surface area contributed by atoms with Crippen LogP contribution in [0.4, 0.5) is 0 Å². The number of H-pyrrole nitrogens is 1. The fourth-order valence-electron chi connectivity index (χ4n) is 2.26. The first-order chi connectivity index (χ1) is 9.16. The molecule has 1 saturated heterocycles. The van der Waals surface area contributed by atoms with Gasteiger partial charge in [-0.25, -0.2) is 4.98 Å². The molecule has 1 atom stereocenters. The molecule has 1 aliphatic heterocycles. The molecule has 2 rings (SSSR count). The van der Waals surface area contributed by atoms with Crippen LogP contribution in [-0.4, -0.2) is 63.2 Å². The molecule has 0 aliphatic carbocycles. The highest BCUT2D eigenvalue weighted by atomic mass is 16.4. The number of rotatable bonds is 5. The summed E-state index contributed by atoms with van der Waals surface area (Å²) >= 11 is 0. The molecule has 0 aromatic carbocycles. The summed E-state index contributed by atoms with van der Waals surface area (Å²) in [5, 5.41) is 17.7. The zero-order chi connectivity index (χ0) is 13.7. The smallest absolute Gasteiger partial charge is 0.317 e. The highest BCUT2D eigenvalue weighted by Crippen LogP contribution is 2.16. The van der Waals surface area contributed by atoms with Gasteiger partial charge in [-0.3, -0.25) is 14.7 Å². The normalized spacial score (nSPS) is 19.4. The summed E-state index contributed by atoms with van der Waals surface area (Å²) in [6, 6.07) is 0. The summed E-state index contributed by atoms with van der Waals surface area (Å²) in [5.74, 6) is -0.495. The minimum absolute atomic E-state index is 0.0491. The third kappa shape index (κ3) is 3.75. The number of hydrogen-bond acceptors (Lipinski definition) is 5. The van der Waals surface area contributed by atoms with Gasteiger partial charge >= 0.3 is 5.97 Å². The van der Waals surface area contributed by atoms with E-state index in [1.54, 1.807) is 4.90 Å². The van der Waals surface area contributed by atoms with E-state index in [4.69, 9.17) is 5.11 Å². The zero-order valence-electron chi connectivity index (χ0n) is 10.5. The standard InChI is InChI=1S/C11H17N5O3/c17-9(18)5-12-4-8-2-1-3-16(6-8)11(19)10-13-7-14-15-10/h7-8,12H,1-6H2,(H,17,18)(H,13,14,15). The Bertz CT molecular complexity index is 434. The highest BCUT2D eigenvalue weighted by molar-refractivity contribution is 5.90. The molecule has 19 heavy (non-hydrogen) atoms. The third-order valence-electron chi connectivity index (χ3n) is 3.13. The number of carboxylic acids is 1. The van der Waals surface area contributed by atoms with E-state index in [2.05, 4.69) is 20.5 Å². The van der Waals surface area contributed by atoms with Gasteiger partial charge in [-0.2, -0.15) is 5.10 Å². The molecule has 1 aliphatic rings. The van der Waals surface area contributed by atoms with Crippen molar-refractivity contribution in [3.63, 3.8) is 0 Å². The van der Waals surface area contributed by atoms with E-state index >= 15 is 0 Å². The van der Waals surface area contributed by atoms with Crippen molar-refractivity contribution >= 4 is 11.9 Å². The molecular weight excluding hydrogens is 250 g/mol. The van der Waals surface area contributed by atoms with Gasteiger partial charge < -0.3 is 15.3 Å². The molecule has 0 radical (unpaired) electrons. The van der Waals surface area contributed by atoms with E-state index in [1.165, 1.54) is 6.33 Å². The number of carboxylic acid groups (broad SMARTS) is 1. The molecule has 1 aromatic rings. The Morgan fingerprint density at radius 1 is 1.58 bits per heavy atom. The Morgan fingerprint density at radius 3 is 3.11 bits per heavy atom. The molecule has 104 valence electrons. The molecule has 8 heteroatoms. The van der Waals surface area contributed by atoms with Crippen molar-refractivity contribution in [1.82, 2.24) is 25.4 Å². The van der Waals surface area contributed by atoms with Crippen LogP contribution in [0.1, 0.15) is 23.5 Å². The van der Waals surface area contributed by atoms with Crippen LogP contribution in [-0.2, 0) is 4.79 Å². The van der Waals surface area contributed by atoms with E-state index in [9.17, 15) is 9.59 Å². The first-order valence-corrected chi connectivity index (χ1v) is 6.24. The van der Waals surface area contributed by atoms with Gasteiger partial charge in [0.1, 0.15) is 6.33 Å². The average molecular weight is 267 g/mol. The number of hydrogen-bond donors (Lipinski definition) is 3. The molecule has 1 amide bonds. The minimum atomic E-state index is -0.870. The summed E-state index contributed by atoms with van der Waals surface area (Å²) in [4.78, 5) is 28.1. The van der Waals surface area contributed by atoms with Gasteiger partial charge in [0.15, 0.2) is 0 Å². The van der Waals surface area contributed by atoms with Crippen molar-refractivity contribution < 1.29 is 14.7 Å². The van der Waals surface area contributed by atoms with Gasteiger partial charge in [-0.05, 0) is 18.8 Å². The number of aliphatic carboxylic acids is 1. The number of likely N-dealkylation sites (tertiary alicyclic amines) is 1. The van der Waals surface area contributed by atoms with Crippen molar-refractivity contribution in [1.29, 1.82) is 0 Å². The molecule has 3 N–H and O–H groups in total. The van der Waals surface area contributed by atoms with E-state index in [0.717, 1.165) is 12.8 Å². The second kappa shape index (κ2) is 6.28. The van der Waals surface area contributed by atoms with Crippen LogP contribution >= 0.6 is 0 Å². The van der Waals surface area contributed by atoms with Gasteiger partial charge in [0.25, 0.3) is 5.91 Å². The number of amides is 1. The SMILES string of the molecule is O=C(O)CNCC1CCCN(C(=O)c2ncn[nH]2)C1. The lowest BCUT2D eigenvalue weighted by molar-refractivity contribution is -0.136. The van der Waals surface area contributed by atoms with Gasteiger partial charge in [0.2, 0.25) is 5.82 Å². The number of nitrogens with zero attached hydrogens (tertiary/aromatic N) is 3. The van der Waals surface area contributed by atoms with Gasteiger partial charge in [-0.15, -0.1) is 0 Å². The summed E-state index contributed by atoms with van der Waals surface area (Å²) in [6.45, 7) is 1.88. The topological polar surface area (TPSA) is 111 Å². The maximum atomic E-state index is 12.1. The summed E-state index contributed by atoms with van der Waals surface area (Å²) < 4.78 is 0. The number of piperidine rings is 1. The molecule has 1 fully saturated rings. The first-order valence-electron chi connectivity index (χ1n) is 6.24. The van der Waals surface area contributed by atoms with Crippen LogP contribution in [0.15, 0.2) is 6.33 Å². The van der Waals surface area contributed by atoms with Crippen LogP contribution in [0.25, 0.3) is 0 Å². The van der Waals surface area contributed by atoms with Crippen molar-refractivity contribution in [2.45, 2.75) is 12.8 Å². The Kier molecular flexibility index (Phi) is 4.45. The predicted octanol–water partition coefficient (Wildman–Crippen LogP) is -0.669. The fraction of sp³-hybridized carbons (Fsp3) is 0.636. The maximum absolute atomic E-state index is 12.1. The maximum Gasteiger partial charge on any atom is 0.317 e. The summed E-state index contributed by atoms with van der Waals surface area (Å²) in [7, 11) is 0. The number of carbonyl (C=O) groups excluding carboxylic acids is 1. The van der Waals surface area contributed by atoms with Crippen LogP contribution in [0.3, 0.4) is 0 Å². The highest BCUT2D eigenvalue weighted by Gasteiger charge is 2.25. The quantitative estimate of drug-likeness (QED) is 0.652. The Labute approximate surface area is 110 Å². The van der Waals surface area contributed by atoms with E-state index in [-0.39, 0.29) is 24.2 Å².